The highest BCUT2D eigenvalue weighted by atomic mass is 32.1. The topological polar surface area (TPSA) is 140 Å². The highest BCUT2D eigenvalue weighted by Crippen LogP contribution is 2.23. The van der Waals surface area contributed by atoms with Crippen LogP contribution in [0, 0.1) is 0 Å². The largest absolute Gasteiger partial charge is 0.381 e. The van der Waals surface area contributed by atoms with E-state index in [9.17, 15) is 4.79 Å². The van der Waals surface area contributed by atoms with Gasteiger partial charge in [0.2, 0.25) is 5.95 Å². The molecule has 0 radical (unpaired) electrons. The maximum absolute atomic E-state index is 13.9. The number of hydrogen-bond donors (Lipinski definition) is 4. The number of hydrogen-bond acceptors (Lipinski definition) is 11. The van der Waals surface area contributed by atoms with Crippen molar-refractivity contribution in [1.29, 1.82) is 0 Å². The number of thiazole rings is 1. The van der Waals surface area contributed by atoms with Crippen molar-refractivity contribution in [2.45, 2.75) is 25.4 Å². The molecule has 13 heteroatoms. The van der Waals surface area contributed by atoms with Crippen LogP contribution in [0.4, 0.5) is 28.7 Å². The van der Waals surface area contributed by atoms with Crippen LogP contribution in [-0.2, 0) is 6.54 Å². The SMILES string of the molecule is O=c1c(Nc2cccnc2)cc2cnc(Nc3ccc(NC4CCCNC4)cc3)nc2n1Cc1nccn1-c1nccs1. The van der Waals surface area contributed by atoms with Crippen LogP contribution in [-0.4, -0.2) is 53.2 Å². The quantitative estimate of drug-likeness (QED) is 0.190. The van der Waals surface area contributed by atoms with E-state index in [1.165, 1.54) is 17.8 Å². The number of aromatic nitrogens is 7. The van der Waals surface area contributed by atoms with Gasteiger partial charge in [0.15, 0.2) is 5.13 Å². The number of nitrogens with one attached hydrogen (secondary N) is 4. The van der Waals surface area contributed by atoms with E-state index in [0.29, 0.717) is 40.2 Å². The average Bonchev–Trinajstić information content (AvgIpc) is 3.74. The molecule has 43 heavy (non-hydrogen) atoms. The Morgan fingerprint density at radius 2 is 1.88 bits per heavy atom. The standard InChI is InChI=1S/C30H29N11OS/c42-28-25(37-24-4-2-10-32-18-24)15-20-16-35-29(38-22-7-5-21(6-8-22)36-23-3-1-9-31-17-23)39-27(20)41(28)19-26-33-11-13-40(26)30-34-12-14-43-30/h2,4-8,10-16,18,23,31,36-37H,1,3,9,17,19H2,(H,35,38,39). The Bertz CT molecular complexity index is 1880. The molecule has 0 aliphatic carbocycles. The van der Waals surface area contributed by atoms with E-state index >= 15 is 0 Å². The minimum absolute atomic E-state index is 0.178. The van der Waals surface area contributed by atoms with Gasteiger partial charge in [-0.25, -0.2) is 15.0 Å². The van der Waals surface area contributed by atoms with E-state index in [1.807, 2.05) is 52.5 Å². The third kappa shape index (κ3) is 5.94. The third-order valence-corrected chi connectivity index (χ3v) is 7.99. The average molecular weight is 592 g/mol. The van der Waals surface area contributed by atoms with Crippen LogP contribution in [0.15, 0.2) is 89.8 Å². The molecule has 4 N–H and O–H groups in total. The fourth-order valence-corrected chi connectivity index (χ4v) is 5.78. The monoisotopic (exact) mass is 591 g/mol. The minimum atomic E-state index is -0.248. The van der Waals surface area contributed by atoms with E-state index in [2.05, 4.69) is 41.2 Å². The predicted octanol–water partition coefficient (Wildman–Crippen LogP) is 4.53. The van der Waals surface area contributed by atoms with E-state index in [0.717, 1.165) is 36.0 Å². The second-order valence-corrected chi connectivity index (χ2v) is 11.1. The van der Waals surface area contributed by atoms with Crippen LogP contribution in [0.2, 0.25) is 0 Å². The van der Waals surface area contributed by atoms with Gasteiger partial charge in [0.25, 0.3) is 5.56 Å². The Hall–Kier alpha value is -5.14. The summed E-state index contributed by atoms with van der Waals surface area (Å²) in [7, 11) is 0. The molecule has 7 rings (SSSR count). The zero-order valence-electron chi connectivity index (χ0n) is 23.1. The van der Waals surface area contributed by atoms with Crippen molar-refractivity contribution >= 4 is 51.1 Å². The minimum Gasteiger partial charge on any atom is -0.381 e. The van der Waals surface area contributed by atoms with Crippen molar-refractivity contribution in [3.63, 3.8) is 0 Å². The van der Waals surface area contributed by atoms with Crippen LogP contribution < -0.4 is 26.8 Å². The first-order valence-electron chi connectivity index (χ1n) is 14.0. The lowest BCUT2D eigenvalue weighted by Crippen LogP contribution is -2.38. The van der Waals surface area contributed by atoms with Crippen LogP contribution in [0.5, 0.6) is 0 Å². The summed E-state index contributed by atoms with van der Waals surface area (Å²) in [5.74, 6) is 1.04. The van der Waals surface area contributed by atoms with Gasteiger partial charge in [0.1, 0.15) is 17.2 Å². The lowest BCUT2D eigenvalue weighted by Gasteiger charge is -2.24. The zero-order chi connectivity index (χ0) is 29.0. The molecule has 1 atom stereocenters. The molecule has 1 fully saturated rings. The zero-order valence-corrected chi connectivity index (χ0v) is 24.0. The molecule has 12 nitrogen and oxygen atoms in total. The van der Waals surface area contributed by atoms with Gasteiger partial charge in [-0.1, -0.05) is 0 Å². The summed E-state index contributed by atoms with van der Waals surface area (Å²) in [6, 6.07) is 13.9. The molecular weight excluding hydrogens is 562 g/mol. The van der Waals surface area contributed by atoms with Gasteiger partial charge in [-0.3, -0.25) is 18.9 Å². The van der Waals surface area contributed by atoms with Gasteiger partial charge >= 0.3 is 0 Å². The molecule has 6 heterocycles. The summed E-state index contributed by atoms with van der Waals surface area (Å²) >= 11 is 1.49. The number of anilines is 5. The van der Waals surface area contributed by atoms with Crippen LogP contribution in [0.1, 0.15) is 18.7 Å². The van der Waals surface area contributed by atoms with E-state index < -0.39 is 0 Å². The first-order valence-corrected chi connectivity index (χ1v) is 14.9. The fourth-order valence-electron chi connectivity index (χ4n) is 5.14. The number of benzene rings is 1. The number of fused-ring (bicyclic) bond motifs is 1. The number of pyridine rings is 2. The molecule has 1 saturated heterocycles. The summed E-state index contributed by atoms with van der Waals surface area (Å²) in [6.07, 6.45) is 12.7. The lowest BCUT2D eigenvalue weighted by molar-refractivity contribution is 0.480. The molecule has 6 aromatic rings. The maximum atomic E-state index is 13.9. The van der Waals surface area contributed by atoms with E-state index in [1.54, 1.807) is 41.6 Å². The van der Waals surface area contributed by atoms with Gasteiger partial charge in [-0.05, 0) is 61.9 Å². The van der Waals surface area contributed by atoms with Crippen molar-refractivity contribution in [2.75, 3.05) is 29.0 Å². The van der Waals surface area contributed by atoms with Gasteiger partial charge in [0.05, 0.1) is 18.4 Å². The normalized spacial score (nSPS) is 14.9. The molecule has 5 aromatic heterocycles. The first-order chi connectivity index (χ1) is 21.2. The van der Waals surface area contributed by atoms with Crippen molar-refractivity contribution < 1.29 is 0 Å². The number of piperidine rings is 1. The van der Waals surface area contributed by atoms with Crippen LogP contribution in [0.25, 0.3) is 16.2 Å². The number of imidazole rings is 1. The number of rotatable bonds is 9. The molecule has 1 aliphatic heterocycles. The second kappa shape index (κ2) is 12.0. The highest BCUT2D eigenvalue weighted by Gasteiger charge is 2.17. The summed E-state index contributed by atoms with van der Waals surface area (Å²) in [4.78, 5) is 36.4. The van der Waals surface area contributed by atoms with Gasteiger partial charge in [-0.2, -0.15) is 4.98 Å². The van der Waals surface area contributed by atoms with Crippen molar-refractivity contribution in [1.82, 2.24) is 39.4 Å². The predicted molar refractivity (Wildman–Crippen MR) is 169 cm³/mol. The third-order valence-electron chi connectivity index (χ3n) is 7.22. The van der Waals surface area contributed by atoms with Crippen LogP contribution in [0.3, 0.4) is 0 Å². The van der Waals surface area contributed by atoms with Gasteiger partial charge in [-0.15, -0.1) is 11.3 Å². The highest BCUT2D eigenvalue weighted by molar-refractivity contribution is 7.12. The summed E-state index contributed by atoms with van der Waals surface area (Å²) in [5, 5.41) is 16.9. The molecule has 1 aromatic carbocycles. The Balaban J connectivity index is 1.22. The maximum Gasteiger partial charge on any atom is 0.276 e. The molecule has 0 saturated carbocycles. The lowest BCUT2D eigenvalue weighted by atomic mass is 10.1. The first kappa shape index (κ1) is 26.7. The van der Waals surface area contributed by atoms with E-state index in [-0.39, 0.29) is 12.1 Å². The molecule has 0 spiro atoms. The molecule has 216 valence electrons. The molecule has 0 bridgehead atoms. The molecular formula is C30H29N11OS. The van der Waals surface area contributed by atoms with Crippen molar-refractivity contribution in [2.24, 2.45) is 0 Å². The van der Waals surface area contributed by atoms with Crippen molar-refractivity contribution in [3.8, 4) is 5.13 Å². The Labute approximate surface area is 250 Å². The smallest absolute Gasteiger partial charge is 0.276 e. The fraction of sp³-hybridized carbons (Fsp3) is 0.200. The van der Waals surface area contributed by atoms with Crippen LogP contribution >= 0.6 is 11.3 Å². The Kier molecular flexibility index (Phi) is 7.46. The molecule has 1 unspecified atom stereocenters. The molecule has 1 aliphatic rings. The summed E-state index contributed by atoms with van der Waals surface area (Å²) in [6.45, 7) is 2.23. The second-order valence-electron chi connectivity index (χ2n) is 10.2. The summed E-state index contributed by atoms with van der Waals surface area (Å²) < 4.78 is 3.49. The summed E-state index contributed by atoms with van der Waals surface area (Å²) in [5.41, 5.74) is 3.23. The number of nitrogens with zero attached hydrogens (tertiary/aromatic N) is 7. The Morgan fingerprint density at radius 3 is 2.67 bits per heavy atom. The Morgan fingerprint density at radius 1 is 0.977 bits per heavy atom. The van der Waals surface area contributed by atoms with Gasteiger partial charge < -0.3 is 21.3 Å². The molecule has 0 amide bonds. The van der Waals surface area contributed by atoms with Crippen molar-refractivity contribution in [3.05, 3.63) is 101 Å². The van der Waals surface area contributed by atoms with E-state index in [4.69, 9.17) is 4.98 Å². The van der Waals surface area contributed by atoms with Gasteiger partial charge in [0, 0.05) is 65.7 Å².